The fourth-order valence-electron chi connectivity index (χ4n) is 2.06. The molecule has 7 heteroatoms. The summed E-state index contributed by atoms with van der Waals surface area (Å²) in [4.78, 5) is 0. The maximum atomic E-state index is 8.90. The van der Waals surface area contributed by atoms with Crippen molar-refractivity contribution in [1.29, 1.82) is 5.26 Å². The first-order chi connectivity index (χ1) is 10.7. The van der Waals surface area contributed by atoms with Crippen molar-refractivity contribution < 1.29 is 4.74 Å². The first-order valence-corrected chi connectivity index (χ1v) is 6.45. The van der Waals surface area contributed by atoms with Crippen molar-refractivity contribution in [3.63, 3.8) is 0 Å². The number of rotatable bonds is 3. The molecule has 0 unspecified atom stereocenters. The molecular weight excluding hydrogens is 280 g/mol. The molecule has 0 saturated heterocycles. The van der Waals surface area contributed by atoms with Crippen molar-refractivity contribution in [1.82, 2.24) is 20.0 Å². The zero-order valence-corrected chi connectivity index (χ0v) is 11.8. The van der Waals surface area contributed by atoms with Gasteiger partial charge in [-0.1, -0.05) is 12.1 Å². The third kappa shape index (κ3) is 2.23. The Bertz CT molecular complexity index is 847. The van der Waals surface area contributed by atoms with E-state index < -0.39 is 0 Å². The molecule has 0 amide bonds. The molecule has 0 saturated carbocycles. The lowest BCUT2D eigenvalue weighted by Gasteiger charge is -2.07. The van der Waals surface area contributed by atoms with Crippen LogP contribution < -0.4 is 10.5 Å². The van der Waals surface area contributed by atoms with Gasteiger partial charge in [-0.15, -0.1) is 10.2 Å². The summed E-state index contributed by atoms with van der Waals surface area (Å²) in [5.74, 6) is 1.40. The second-order valence-corrected chi connectivity index (χ2v) is 4.44. The lowest BCUT2D eigenvalue weighted by molar-refractivity contribution is 0.416. The van der Waals surface area contributed by atoms with E-state index in [0.29, 0.717) is 17.1 Å². The number of aromatic nitrogens is 4. The second kappa shape index (κ2) is 5.54. The van der Waals surface area contributed by atoms with Crippen LogP contribution in [0.15, 0.2) is 42.6 Å². The Morgan fingerprint density at radius 2 is 2.00 bits per heavy atom. The molecule has 2 N–H and O–H groups in total. The predicted molar refractivity (Wildman–Crippen MR) is 80.3 cm³/mol. The Morgan fingerprint density at radius 1 is 1.18 bits per heavy atom. The lowest BCUT2D eigenvalue weighted by Crippen LogP contribution is -2.06. The van der Waals surface area contributed by atoms with Crippen LogP contribution in [-0.4, -0.2) is 27.1 Å². The van der Waals surface area contributed by atoms with Crippen LogP contribution >= 0.6 is 0 Å². The van der Waals surface area contributed by atoms with Crippen molar-refractivity contribution in [3.8, 4) is 28.9 Å². The second-order valence-electron chi connectivity index (χ2n) is 4.44. The molecule has 0 aliphatic heterocycles. The molecule has 3 rings (SSSR count). The highest BCUT2D eigenvalue weighted by Crippen LogP contribution is 2.27. The van der Waals surface area contributed by atoms with Gasteiger partial charge in [0.25, 0.3) is 0 Å². The molecule has 0 bridgehead atoms. The maximum Gasteiger partial charge on any atom is 0.178 e. The number of nitrogens with two attached hydrogens (primary N) is 1. The highest BCUT2D eigenvalue weighted by Gasteiger charge is 2.11. The van der Waals surface area contributed by atoms with Crippen LogP contribution in [0.5, 0.6) is 5.75 Å². The van der Waals surface area contributed by atoms with E-state index in [4.69, 9.17) is 15.7 Å². The molecule has 0 aliphatic rings. The zero-order chi connectivity index (χ0) is 15.5. The van der Waals surface area contributed by atoms with Crippen LogP contribution in [0.4, 0.5) is 5.82 Å². The number of para-hydroxylation sites is 1. The van der Waals surface area contributed by atoms with Gasteiger partial charge in [-0.2, -0.15) is 15.0 Å². The molecule has 0 aliphatic carbocycles. The molecule has 7 nitrogen and oxygen atoms in total. The topological polar surface area (TPSA) is 103 Å². The van der Waals surface area contributed by atoms with Crippen molar-refractivity contribution in [2.75, 3.05) is 12.8 Å². The van der Waals surface area contributed by atoms with E-state index in [9.17, 15) is 0 Å². The number of ether oxygens (including phenoxy) is 1. The average molecular weight is 292 g/mol. The van der Waals surface area contributed by atoms with E-state index in [0.717, 1.165) is 11.3 Å². The number of methoxy groups -OCH3 is 1. The normalized spacial score (nSPS) is 10.2. The number of hydrogen-bond acceptors (Lipinski definition) is 6. The van der Waals surface area contributed by atoms with Crippen molar-refractivity contribution in [2.45, 2.75) is 0 Å². The Labute approximate surface area is 126 Å². The van der Waals surface area contributed by atoms with E-state index in [2.05, 4.69) is 15.3 Å². The Morgan fingerprint density at radius 3 is 2.64 bits per heavy atom. The molecule has 3 aromatic rings. The van der Waals surface area contributed by atoms with Crippen molar-refractivity contribution in [3.05, 3.63) is 48.2 Å². The summed E-state index contributed by atoms with van der Waals surface area (Å²) in [7, 11) is 1.61. The molecule has 0 radical (unpaired) electrons. The average Bonchev–Trinajstić information content (AvgIpc) is 2.95. The summed E-state index contributed by atoms with van der Waals surface area (Å²) in [6.45, 7) is 0. The monoisotopic (exact) mass is 292 g/mol. The van der Waals surface area contributed by atoms with Gasteiger partial charge in [0.05, 0.1) is 19.0 Å². The van der Waals surface area contributed by atoms with Gasteiger partial charge in [0.2, 0.25) is 0 Å². The van der Waals surface area contributed by atoms with Gasteiger partial charge in [0.1, 0.15) is 23.2 Å². The highest BCUT2D eigenvalue weighted by molar-refractivity contribution is 5.67. The summed E-state index contributed by atoms with van der Waals surface area (Å²) in [5, 5.41) is 21.2. The molecule has 0 atom stereocenters. The number of benzene rings is 1. The molecule has 0 fully saturated rings. The van der Waals surface area contributed by atoms with Gasteiger partial charge >= 0.3 is 0 Å². The minimum Gasteiger partial charge on any atom is -0.496 e. The summed E-state index contributed by atoms with van der Waals surface area (Å²) < 4.78 is 6.68. The van der Waals surface area contributed by atoms with Crippen molar-refractivity contribution >= 4 is 5.82 Å². The Hall–Kier alpha value is -3.40. The maximum absolute atomic E-state index is 8.90. The SMILES string of the molecule is COc1ccccc1-c1ccc(-n2ncc(C#N)c2N)nn1. The van der Waals surface area contributed by atoms with Gasteiger partial charge in [-0.05, 0) is 24.3 Å². The van der Waals surface area contributed by atoms with Gasteiger partial charge in [-0.3, -0.25) is 0 Å². The summed E-state index contributed by atoms with van der Waals surface area (Å²) in [6, 6.07) is 13.0. The fraction of sp³-hybridized carbons (Fsp3) is 0.0667. The van der Waals surface area contributed by atoms with E-state index in [1.165, 1.54) is 10.9 Å². The standard InChI is InChI=1S/C15H12N6O/c1-22-13-5-3-2-4-11(13)12-6-7-14(20-19-12)21-15(17)10(8-16)9-18-21/h2-7,9H,17H2,1H3. The number of hydrogen-bond donors (Lipinski definition) is 1. The number of nitrogens with zero attached hydrogens (tertiary/aromatic N) is 5. The van der Waals surface area contributed by atoms with Crippen molar-refractivity contribution in [2.24, 2.45) is 0 Å². The Balaban J connectivity index is 2.00. The van der Waals surface area contributed by atoms with Crippen LogP contribution in [0.2, 0.25) is 0 Å². The first-order valence-electron chi connectivity index (χ1n) is 6.45. The van der Waals surface area contributed by atoms with E-state index in [1.807, 2.05) is 30.3 Å². The van der Waals surface area contributed by atoms with Gasteiger partial charge < -0.3 is 10.5 Å². The molecule has 2 heterocycles. The van der Waals surface area contributed by atoms with E-state index >= 15 is 0 Å². The molecule has 108 valence electrons. The molecular formula is C15H12N6O. The Kier molecular flexibility index (Phi) is 3.42. The van der Waals surface area contributed by atoms with Crippen LogP contribution in [0.3, 0.4) is 0 Å². The lowest BCUT2D eigenvalue weighted by atomic mass is 10.1. The smallest absolute Gasteiger partial charge is 0.178 e. The van der Waals surface area contributed by atoms with Crippen LogP contribution in [0.1, 0.15) is 5.56 Å². The highest BCUT2D eigenvalue weighted by atomic mass is 16.5. The van der Waals surface area contributed by atoms with E-state index in [1.54, 1.807) is 19.2 Å². The minimum absolute atomic E-state index is 0.238. The molecule has 2 aromatic heterocycles. The third-order valence-corrected chi connectivity index (χ3v) is 3.18. The van der Waals surface area contributed by atoms with Gasteiger partial charge in [0.15, 0.2) is 5.82 Å². The molecule has 22 heavy (non-hydrogen) atoms. The number of nitrogen functional groups attached to an aromatic ring is 1. The van der Waals surface area contributed by atoms with E-state index in [-0.39, 0.29) is 5.82 Å². The minimum atomic E-state index is 0.238. The molecule has 0 spiro atoms. The first kappa shape index (κ1) is 13.6. The third-order valence-electron chi connectivity index (χ3n) is 3.18. The van der Waals surface area contributed by atoms with Gasteiger partial charge in [-0.25, -0.2) is 0 Å². The van der Waals surface area contributed by atoms with Crippen LogP contribution in [0, 0.1) is 11.3 Å². The largest absolute Gasteiger partial charge is 0.496 e. The zero-order valence-electron chi connectivity index (χ0n) is 11.8. The quantitative estimate of drug-likeness (QED) is 0.789. The van der Waals surface area contributed by atoms with Crippen LogP contribution in [0.25, 0.3) is 17.1 Å². The fourth-order valence-corrected chi connectivity index (χ4v) is 2.06. The summed E-state index contributed by atoms with van der Waals surface area (Å²) in [5.41, 5.74) is 7.65. The number of nitriles is 1. The predicted octanol–water partition coefficient (Wildman–Crippen LogP) is 1.79. The van der Waals surface area contributed by atoms with Crippen LogP contribution in [-0.2, 0) is 0 Å². The summed E-state index contributed by atoms with van der Waals surface area (Å²) in [6.07, 6.45) is 1.39. The summed E-state index contributed by atoms with van der Waals surface area (Å²) >= 11 is 0. The molecule has 1 aromatic carbocycles. The van der Waals surface area contributed by atoms with Gasteiger partial charge in [0, 0.05) is 5.56 Å². The number of anilines is 1.